The van der Waals surface area contributed by atoms with Crippen LogP contribution in [-0.2, 0) is 19.3 Å². The molecular weight excluding hydrogens is 509 g/mol. The molecule has 0 radical (unpaired) electrons. The van der Waals surface area contributed by atoms with Crippen molar-refractivity contribution in [2.45, 2.75) is 57.9 Å². The van der Waals surface area contributed by atoms with E-state index in [-0.39, 0.29) is 11.9 Å². The number of imidazole rings is 1. The molecule has 1 aromatic carbocycles. The van der Waals surface area contributed by atoms with Gasteiger partial charge in [0.15, 0.2) is 5.69 Å². The molecule has 1 aliphatic heterocycles. The Kier molecular flexibility index (Phi) is 6.12. The van der Waals surface area contributed by atoms with Crippen molar-refractivity contribution in [2.24, 2.45) is 4.99 Å². The summed E-state index contributed by atoms with van der Waals surface area (Å²) in [4.78, 5) is 17.4. The first kappa shape index (κ1) is 25.1. The maximum atomic E-state index is 13.2. The Bertz CT molecular complexity index is 1550. The minimum Gasteiger partial charge on any atom is -0.480 e. The van der Waals surface area contributed by atoms with Crippen LogP contribution in [0.5, 0.6) is 5.88 Å². The predicted octanol–water partition coefficient (Wildman–Crippen LogP) is 5.44. The third-order valence-electron chi connectivity index (χ3n) is 7.18. The zero-order chi connectivity index (χ0) is 27.3. The molecule has 4 aromatic rings. The van der Waals surface area contributed by atoms with E-state index in [9.17, 15) is 13.2 Å². The molecule has 0 bridgehead atoms. The van der Waals surface area contributed by atoms with Gasteiger partial charge in [-0.25, -0.2) is 19.6 Å². The lowest BCUT2D eigenvalue weighted by Crippen LogP contribution is -2.25. The van der Waals surface area contributed by atoms with Crippen molar-refractivity contribution in [3.63, 3.8) is 0 Å². The number of fused-ring (bicyclic) bond motifs is 1. The topological polar surface area (TPSA) is 95.0 Å². The number of halogens is 3. The van der Waals surface area contributed by atoms with Gasteiger partial charge in [-0.1, -0.05) is 24.3 Å². The number of alkyl halides is 3. The number of nitrogens with zero attached hydrogens (tertiary/aromatic N) is 7. The molecule has 1 saturated carbocycles. The van der Waals surface area contributed by atoms with Gasteiger partial charge in [0.05, 0.1) is 31.6 Å². The van der Waals surface area contributed by atoms with Crippen LogP contribution < -0.4 is 10.1 Å². The molecule has 12 heteroatoms. The summed E-state index contributed by atoms with van der Waals surface area (Å²) in [5, 5.41) is 8.08. The number of methoxy groups -OCH3 is 1. The quantitative estimate of drug-likeness (QED) is 0.338. The molecule has 1 N–H and O–H groups in total. The van der Waals surface area contributed by atoms with Crippen molar-refractivity contribution < 1.29 is 17.9 Å². The molecule has 0 saturated heterocycles. The second-order valence-electron chi connectivity index (χ2n) is 9.70. The number of anilines is 1. The van der Waals surface area contributed by atoms with Gasteiger partial charge in [0.1, 0.15) is 29.4 Å². The molecule has 1 aliphatic carbocycles. The molecule has 1 atom stereocenters. The van der Waals surface area contributed by atoms with E-state index in [4.69, 9.17) is 9.73 Å². The summed E-state index contributed by atoms with van der Waals surface area (Å²) >= 11 is 0. The van der Waals surface area contributed by atoms with Crippen LogP contribution in [0.15, 0.2) is 48.0 Å². The molecule has 0 amide bonds. The fraction of sp³-hybridized carbons (Fsp3) is 0.370. The van der Waals surface area contributed by atoms with E-state index >= 15 is 0 Å². The first-order valence-corrected chi connectivity index (χ1v) is 12.8. The number of nitrogens with one attached hydrogen (secondary N) is 1. The van der Waals surface area contributed by atoms with Gasteiger partial charge in [0, 0.05) is 29.8 Å². The zero-order valence-corrected chi connectivity index (χ0v) is 21.7. The van der Waals surface area contributed by atoms with Gasteiger partial charge in [-0.15, -0.1) is 0 Å². The van der Waals surface area contributed by atoms with E-state index in [0.29, 0.717) is 36.3 Å². The van der Waals surface area contributed by atoms with Crippen molar-refractivity contribution >= 4 is 11.7 Å². The van der Waals surface area contributed by atoms with Gasteiger partial charge in [-0.3, -0.25) is 4.99 Å². The number of ether oxygens (including phenoxy) is 1. The minimum absolute atomic E-state index is 0.164. The molecule has 9 nitrogen and oxygen atoms in total. The summed E-state index contributed by atoms with van der Waals surface area (Å²) in [7, 11) is 1.59. The molecule has 2 aliphatic rings. The molecular formula is C27H27F3N8O. The molecule has 3 aromatic heterocycles. The number of hydrogen-bond donors (Lipinski definition) is 1. The van der Waals surface area contributed by atoms with Gasteiger partial charge in [-0.05, 0) is 32.3 Å². The van der Waals surface area contributed by atoms with Crippen molar-refractivity contribution in [3.05, 3.63) is 71.1 Å². The number of amidine groups is 1. The highest BCUT2D eigenvalue weighted by Crippen LogP contribution is 2.43. The molecule has 202 valence electrons. The van der Waals surface area contributed by atoms with Crippen molar-refractivity contribution in [1.29, 1.82) is 0 Å². The summed E-state index contributed by atoms with van der Waals surface area (Å²) in [6.45, 7) is 4.64. The second-order valence-corrected chi connectivity index (χ2v) is 9.70. The normalized spacial score (nSPS) is 15.9. The Morgan fingerprint density at radius 1 is 1.15 bits per heavy atom. The average Bonchev–Trinajstić information content (AvgIpc) is 3.55. The van der Waals surface area contributed by atoms with Crippen LogP contribution in [0.25, 0.3) is 11.4 Å². The van der Waals surface area contributed by atoms with Gasteiger partial charge >= 0.3 is 6.18 Å². The summed E-state index contributed by atoms with van der Waals surface area (Å²) in [5.74, 6) is 2.61. The Labute approximate surface area is 222 Å². The van der Waals surface area contributed by atoms with Gasteiger partial charge in [0.25, 0.3) is 0 Å². The summed E-state index contributed by atoms with van der Waals surface area (Å²) < 4.78 is 48.6. The Morgan fingerprint density at radius 2 is 1.92 bits per heavy atom. The molecule has 0 spiro atoms. The van der Waals surface area contributed by atoms with Crippen LogP contribution in [0.1, 0.15) is 66.7 Å². The van der Waals surface area contributed by atoms with Gasteiger partial charge < -0.3 is 14.6 Å². The smallest absolute Gasteiger partial charge is 0.434 e. The fourth-order valence-corrected chi connectivity index (χ4v) is 4.90. The monoisotopic (exact) mass is 536 g/mol. The van der Waals surface area contributed by atoms with E-state index in [1.54, 1.807) is 32.4 Å². The number of aryl methyl sites for hydroxylation is 1. The SMILES string of the molecule is CCn1cc(C(F)(F)F)nc1-c1ccc(C(C)n2ncc3c2NC(c2c(OC)ncnc2C2CC2)=NC3)cc1. The van der Waals surface area contributed by atoms with Crippen LogP contribution in [0.2, 0.25) is 0 Å². The Balaban J connectivity index is 1.28. The number of benzene rings is 1. The Hall–Kier alpha value is -4.22. The molecule has 1 unspecified atom stereocenters. The minimum atomic E-state index is -4.49. The predicted molar refractivity (Wildman–Crippen MR) is 139 cm³/mol. The van der Waals surface area contributed by atoms with Crippen molar-refractivity contribution in [2.75, 3.05) is 12.4 Å². The number of hydrogen-bond acceptors (Lipinski definition) is 7. The van der Waals surface area contributed by atoms with E-state index < -0.39 is 11.9 Å². The standard InChI is InChI=1S/C27H27F3N8O/c1-4-37-13-20(27(28,29)30)35-24(37)18-9-5-16(6-10-18)15(2)38-25-19(12-34-38)11-31-23(36-25)21-22(17-7-8-17)32-14-33-26(21)39-3/h5-6,9-10,12-15,17H,4,7-8,11H2,1-3H3,(H,31,36). The van der Waals surface area contributed by atoms with Gasteiger partial charge in [-0.2, -0.15) is 18.3 Å². The van der Waals surface area contributed by atoms with Crippen molar-refractivity contribution in [3.8, 4) is 17.3 Å². The van der Waals surface area contributed by atoms with Crippen LogP contribution in [0.3, 0.4) is 0 Å². The summed E-state index contributed by atoms with van der Waals surface area (Å²) in [6, 6.07) is 7.22. The second kappa shape index (κ2) is 9.51. The zero-order valence-electron chi connectivity index (χ0n) is 21.7. The van der Waals surface area contributed by atoms with E-state index in [1.807, 2.05) is 23.7 Å². The molecule has 1 fully saturated rings. The Morgan fingerprint density at radius 3 is 2.59 bits per heavy atom. The average molecular weight is 537 g/mol. The molecule has 4 heterocycles. The highest BCUT2D eigenvalue weighted by molar-refractivity contribution is 6.11. The number of aliphatic imine (C=N–C) groups is 1. The first-order chi connectivity index (χ1) is 18.8. The van der Waals surface area contributed by atoms with E-state index in [2.05, 4.69) is 25.4 Å². The summed E-state index contributed by atoms with van der Waals surface area (Å²) in [5.41, 5.74) is 3.33. The summed E-state index contributed by atoms with van der Waals surface area (Å²) in [6.07, 6.45) is 2.03. The number of rotatable bonds is 7. The lowest BCUT2D eigenvalue weighted by molar-refractivity contribution is -0.140. The molecule has 6 rings (SSSR count). The van der Waals surface area contributed by atoms with Crippen LogP contribution in [-0.4, -0.2) is 42.2 Å². The van der Waals surface area contributed by atoms with Crippen molar-refractivity contribution in [1.82, 2.24) is 29.3 Å². The van der Waals surface area contributed by atoms with E-state index in [0.717, 1.165) is 47.2 Å². The lowest BCUT2D eigenvalue weighted by Gasteiger charge is -2.23. The highest BCUT2D eigenvalue weighted by atomic mass is 19.4. The third kappa shape index (κ3) is 4.53. The largest absolute Gasteiger partial charge is 0.480 e. The van der Waals surface area contributed by atoms with Crippen LogP contribution in [0.4, 0.5) is 19.0 Å². The van der Waals surface area contributed by atoms with Crippen LogP contribution >= 0.6 is 0 Å². The van der Waals surface area contributed by atoms with Crippen LogP contribution in [0, 0.1) is 0 Å². The third-order valence-corrected chi connectivity index (χ3v) is 7.18. The van der Waals surface area contributed by atoms with Gasteiger partial charge in [0.2, 0.25) is 5.88 Å². The fourth-order valence-electron chi connectivity index (χ4n) is 4.90. The number of aromatic nitrogens is 6. The molecule has 39 heavy (non-hydrogen) atoms. The highest BCUT2D eigenvalue weighted by Gasteiger charge is 2.35. The maximum absolute atomic E-state index is 13.2. The maximum Gasteiger partial charge on any atom is 0.434 e. The first-order valence-electron chi connectivity index (χ1n) is 12.8. The lowest BCUT2D eigenvalue weighted by atomic mass is 10.1. The van der Waals surface area contributed by atoms with E-state index in [1.165, 1.54) is 10.9 Å².